The van der Waals surface area contributed by atoms with E-state index in [1.807, 2.05) is 51.1 Å². The molecule has 0 saturated carbocycles. The minimum atomic E-state index is -0.648. The Morgan fingerprint density at radius 1 is 1.04 bits per heavy atom. The van der Waals surface area contributed by atoms with Crippen LogP contribution in [-0.2, 0) is 51.4 Å². The topological polar surface area (TPSA) is 161 Å². The third kappa shape index (κ3) is 8.04. The van der Waals surface area contributed by atoms with E-state index in [2.05, 4.69) is 15.3 Å². The van der Waals surface area contributed by atoms with Crippen molar-refractivity contribution >= 4 is 34.7 Å². The molecule has 4 heterocycles. The van der Waals surface area contributed by atoms with Gasteiger partial charge in [-0.1, -0.05) is 37.3 Å². The van der Waals surface area contributed by atoms with Gasteiger partial charge in [-0.05, 0) is 31.9 Å². The number of hydrogen-bond donors (Lipinski definition) is 0. The van der Waals surface area contributed by atoms with Gasteiger partial charge in [-0.2, -0.15) is 0 Å². The molecule has 0 spiro atoms. The Hall–Kier alpha value is -4.43. The Labute approximate surface area is 266 Å². The van der Waals surface area contributed by atoms with Crippen LogP contribution in [0.15, 0.2) is 36.5 Å². The van der Waals surface area contributed by atoms with Crippen LogP contribution in [0.2, 0.25) is 0 Å². The molecule has 5 atom stereocenters. The van der Waals surface area contributed by atoms with Gasteiger partial charge >= 0.3 is 11.9 Å². The lowest BCUT2D eigenvalue weighted by atomic mass is 9.84. The Morgan fingerprint density at radius 2 is 1.83 bits per heavy atom. The SMILES string of the molecule is CC(=O)O[C@H]1C(Cn2cc(COc3cccc4ccc(C)nc34)nn2)O[C@H](OCCCCC(=O)ON2C(=O)CCC2=O)C(C)[C@H]1C. The second kappa shape index (κ2) is 14.8. The molecular formula is C32H39N5O9. The quantitative estimate of drug-likeness (QED) is 0.153. The molecule has 2 saturated heterocycles. The van der Waals surface area contributed by atoms with Crippen molar-refractivity contribution in [3.8, 4) is 5.75 Å². The van der Waals surface area contributed by atoms with Crippen LogP contribution in [-0.4, -0.2) is 73.9 Å². The highest BCUT2D eigenvalue weighted by atomic mass is 16.7. The summed E-state index contributed by atoms with van der Waals surface area (Å²) in [6, 6.07) is 9.72. The molecule has 14 nitrogen and oxygen atoms in total. The first-order valence-corrected chi connectivity index (χ1v) is 15.5. The Kier molecular flexibility index (Phi) is 10.6. The lowest BCUT2D eigenvalue weighted by Gasteiger charge is -2.43. The Bertz CT molecular complexity index is 1560. The molecule has 5 rings (SSSR count). The lowest BCUT2D eigenvalue weighted by Crippen LogP contribution is -2.53. The summed E-state index contributed by atoms with van der Waals surface area (Å²) < 4.78 is 25.8. The fraction of sp³-hybridized carbons (Fsp3) is 0.531. The monoisotopic (exact) mass is 637 g/mol. The normalized spacial score (nSPS) is 23.1. The molecule has 0 radical (unpaired) electrons. The van der Waals surface area contributed by atoms with Crippen LogP contribution in [0, 0.1) is 18.8 Å². The first-order valence-electron chi connectivity index (χ1n) is 15.5. The van der Waals surface area contributed by atoms with Crippen molar-refractivity contribution in [2.45, 2.75) is 91.4 Å². The second-order valence-corrected chi connectivity index (χ2v) is 11.7. The number of carbonyl (C=O) groups is 4. The Balaban J connectivity index is 1.14. The summed E-state index contributed by atoms with van der Waals surface area (Å²) in [4.78, 5) is 56.8. The predicted molar refractivity (Wildman–Crippen MR) is 160 cm³/mol. The zero-order valence-corrected chi connectivity index (χ0v) is 26.4. The summed E-state index contributed by atoms with van der Waals surface area (Å²) in [6.45, 7) is 8.00. The number of unbranched alkanes of at least 4 members (excludes halogenated alkanes) is 1. The summed E-state index contributed by atoms with van der Waals surface area (Å²) in [7, 11) is 0. The fourth-order valence-electron chi connectivity index (χ4n) is 5.51. The molecule has 1 aromatic carbocycles. The fourth-order valence-corrected chi connectivity index (χ4v) is 5.51. The van der Waals surface area contributed by atoms with E-state index >= 15 is 0 Å². The molecule has 246 valence electrons. The van der Waals surface area contributed by atoms with Crippen LogP contribution in [0.4, 0.5) is 0 Å². The van der Waals surface area contributed by atoms with Gasteiger partial charge in [0, 0.05) is 55.7 Å². The van der Waals surface area contributed by atoms with Gasteiger partial charge in [0.05, 0.1) is 12.7 Å². The summed E-state index contributed by atoms with van der Waals surface area (Å²) >= 11 is 0. The highest BCUT2D eigenvalue weighted by Crippen LogP contribution is 2.34. The minimum absolute atomic E-state index is 0.0318. The number of hydrogen-bond acceptors (Lipinski definition) is 12. The van der Waals surface area contributed by atoms with Crippen LogP contribution < -0.4 is 4.74 Å². The third-order valence-corrected chi connectivity index (χ3v) is 8.16. The number of amides is 2. The van der Waals surface area contributed by atoms with Crippen molar-refractivity contribution in [1.82, 2.24) is 25.0 Å². The van der Waals surface area contributed by atoms with Gasteiger partial charge in [0.15, 0.2) is 6.29 Å². The average molecular weight is 638 g/mol. The molecule has 2 amide bonds. The van der Waals surface area contributed by atoms with Crippen LogP contribution >= 0.6 is 0 Å². The lowest BCUT2D eigenvalue weighted by molar-refractivity contribution is -0.269. The number of aryl methyl sites for hydroxylation is 1. The van der Waals surface area contributed by atoms with E-state index < -0.39 is 42.3 Å². The molecule has 2 fully saturated rings. The van der Waals surface area contributed by atoms with Crippen LogP contribution in [0.1, 0.15) is 64.3 Å². The zero-order chi connectivity index (χ0) is 32.8. The number of pyridine rings is 1. The van der Waals surface area contributed by atoms with Crippen LogP contribution in [0.5, 0.6) is 5.75 Å². The number of nitrogens with zero attached hydrogens (tertiary/aromatic N) is 5. The molecule has 0 N–H and O–H groups in total. The van der Waals surface area contributed by atoms with E-state index in [4.69, 9.17) is 23.8 Å². The molecule has 14 heteroatoms. The maximum absolute atomic E-state index is 12.1. The van der Waals surface area contributed by atoms with Gasteiger partial charge in [-0.3, -0.25) is 14.4 Å². The number of carbonyl (C=O) groups excluding carboxylic acids is 4. The summed E-state index contributed by atoms with van der Waals surface area (Å²) in [6.07, 6.45) is 1.16. The molecule has 46 heavy (non-hydrogen) atoms. The molecule has 2 aliphatic rings. The van der Waals surface area contributed by atoms with E-state index in [0.29, 0.717) is 36.0 Å². The van der Waals surface area contributed by atoms with Crippen molar-refractivity contribution < 1.29 is 43.0 Å². The first-order chi connectivity index (χ1) is 22.1. The standard InChI is InChI=1S/C32H39N5O9/c1-19-11-12-23-8-7-9-25(30(23)33-19)43-18-24-16-36(35-34-24)17-26-31(44-22(4)38)20(2)21(3)32(45-26)42-15-6-5-10-29(41)46-37-27(39)13-14-28(37)40/h7-9,11-12,16,20-21,26,31-32H,5-6,10,13-15,17-18H2,1-4H3/t20-,21?,26?,31-,32+/m1/s1. The van der Waals surface area contributed by atoms with Gasteiger partial charge in [0.25, 0.3) is 11.8 Å². The maximum atomic E-state index is 12.1. The summed E-state index contributed by atoms with van der Waals surface area (Å²) in [5.41, 5.74) is 2.28. The van der Waals surface area contributed by atoms with Gasteiger partial charge in [0.1, 0.15) is 35.8 Å². The molecule has 2 aliphatic heterocycles. The van der Waals surface area contributed by atoms with E-state index in [1.54, 1.807) is 10.9 Å². The van der Waals surface area contributed by atoms with Gasteiger partial charge < -0.3 is 23.8 Å². The van der Waals surface area contributed by atoms with Crippen molar-refractivity contribution in [2.75, 3.05) is 6.61 Å². The number of para-hydroxylation sites is 1. The number of esters is 1. The number of rotatable bonds is 13. The Morgan fingerprint density at radius 3 is 2.59 bits per heavy atom. The van der Waals surface area contributed by atoms with Gasteiger partial charge in [-0.15, -0.1) is 10.2 Å². The second-order valence-electron chi connectivity index (χ2n) is 11.7. The third-order valence-electron chi connectivity index (χ3n) is 8.16. The van der Waals surface area contributed by atoms with Gasteiger partial charge in [0.2, 0.25) is 0 Å². The molecular weight excluding hydrogens is 598 g/mol. The van der Waals surface area contributed by atoms with Crippen molar-refractivity contribution in [3.63, 3.8) is 0 Å². The van der Waals surface area contributed by atoms with Crippen molar-refractivity contribution in [3.05, 3.63) is 47.9 Å². The summed E-state index contributed by atoms with van der Waals surface area (Å²) in [5.74, 6) is -1.62. The number of aromatic nitrogens is 4. The van der Waals surface area contributed by atoms with Crippen molar-refractivity contribution in [2.24, 2.45) is 11.8 Å². The highest BCUT2D eigenvalue weighted by molar-refractivity contribution is 6.01. The van der Waals surface area contributed by atoms with Crippen LogP contribution in [0.25, 0.3) is 10.9 Å². The van der Waals surface area contributed by atoms with E-state index in [0.717, 1.165) is 16.6 Å². The van der Waals surface area contributed by atoms with Crippen LogP contribution in [0.3, 0.4) is 0 Å². The smallest absolute Gasteiger partial charge is 0.333 e. The number of benzene rings is 1. The molecule has 0 aliphatic carbocycles. The predicted octanol–water partition coefficient (Wildman–Crippen LogP) is 3.44. The molecule has 2 aromatic heterocycles. The van der Waals surface area contributed by atoms with Crippen molar-refractivity contribution in [1.29, 1.82) is 0 Å². The van der Waals surface area contributed by atoms with Gasteiger partial charge in [-0.25, -0.2) is 14.5 Å². The number of fused-ring (bicyclic) bond motifs is 1. The zero-order valence-electron chi connectivity index (χ0n) is 26.4. The average Bonchev–Trinajstić information content (AvgIpc) is 3.61. The molecule has 2 unspecified atom stereocenters. The van der Waals surface area contributed by atoms with E-state index in [-0.39, 0.29) is 44.2 Å². The van der Waals surface area contributed by atoms with E-state index in [9.17, 15) is 19.2 Å². The number of hydroxylamine groups is 2. The largest absolute Gasteiger partial charge is 0.485 e. The number of ether oxygens (including phenoxy) is 4. The maximum Gasteiger partial charge on any atom is 0.333 e. The number of imide groups is 1. The first kappa shape index (κ1) is 32.9. The minimum Gasteiger partial charge on any atom is -0.485 e. The molecule has 3 aromatic rings. The summed E-state index contributed by atoms with van der Waals surface area (Å²) in [5, 5.41) is 10.0. The highest BCUT2D eigenvalue weighted by Gasteiger charge is 2.44. The molecule has 0 bridgehead atoms. The van der Waals surface area contributed by atoms with E-state index in [1.165, 1.54) is 6.92 Å².